The summed E-state index contributed by atoms with van der Waals surface area (Å²) in [4.78, 5) is 43.7. The maximum Gasteiger partial charge on any atom is 0.416 e. The summed E-state index contributed by atoms with van der Waals surface area (Å²) in [5.74, 6) is -1.11. The maximum atomic E-state index is 13.3. The van der Waals surface area contributed by atoms with Crippen LogP contribution in [0.15, 0.2) is 24.4 Å². The minimum absolute atomic E-state index is 0.00926. The van der Waals surface area contributed by atoms with Crippen LogP contribution in [0.4, 0.5) is 23.2 Å². The Morgan fingerprint density at radius 1 is 1.17 bits per heavy atom. The number of thioether (sulfide) groups is 1. The molecule has 12 heteroatoms. The Morgan fingerprint density at radius 2 is 1.83 bits per heavy atom. The van der Waals surface area contributed by atoms with Gasteiger partial charge in [-0.3, -0.25) is 19.4 Å². The zero-order chi connectivity index (χ0) is 26.7. The molecule has 1 aliphatic heterocycles. The number of hydrogen-bond acceptors (Lipinski definition) is 7. The number of carbonyl (C=O) groups excluding carboxylic acids is 3. The molecule has 196 valence electrons. The molecule has 0 bridgehead atoms. The number of benzene rings is 1. The van der Waals surface area contributed by atoms with Crippen LogP contribution >= 0.6 is 11.8 Å². The van der Waals surface area contributed by atoms with Gasteiger partial charge >= 0.3 is 12.1 Å². The van der Waals surface area contributed by atoms with E-state index in [9.17, 15) is 31.9 Å². The molecule has 0 saturated carbocycles. The van der Waals surface area contributed by atoms with Gasteiger partial charge in [-0.15, -0.1) is 0 Å². The predicted molar refractivity (Wildman–Crippen MR) is 129 cm³/mol. The van der Waals surface area contributed by atoms with E-state index >= 15 is 0 Å². The van der Waals surface area contributed by atoms with Crippen molar-refractivity contribution in [3.05, 3.63) is 35.5 Å². The quantitative estimate of drug-likeness (QED) is 0.425. The minimum Gasteiger partial charge on any atom is -0.460 e. The van der Waals surface area contributed by atoms with E-state index in [4.69, 9.17) is 4.74 Å². The predicted octanol–water partition coefficient (Wildman–Crippen LogP) is 4.18. The van der Waals surface area contributed by atoms with Crippen molar-refractivity contribution >= 4 is 46.0 Å². The third-order valence-corrected chi connectivity index (χ3v) is 6.30. The van der Waals surface area contributed by atoms with Gasteiger partial charge < -0.3 is 15.0 Å². The number of fused-ring (bicyclic) bond motifs is 1. The second-order valence-electron chi connectivity index (χ2n) is 9.27. The zero-order valence-electron chi connectivity index (χ0n) is 20.1. The van der Waals surface area contributed by atoms with Crippen LogP contribution in [-0.4, -0.2) is 65.6 Å². The summed E-state index contributed by atoms with van der Waals surface area (Å²) in [6.07, 6.45) is -3.99. The van der Waals surface area contributed by atoms with Gasteiger partial charge in [-0.05, 0) is 32.9 Å². The van der Waals surface area contributed by atoms with Gasteiger partial charge in [0.2, 0.25) is 0 Å². The number of esters is 1. The van der Waals surface area contributed by atoms with E-state index in [2.05, 4.69) is 10.3 Å². The number of halogens is 4. The molecule has 3 rings (SSSR count). The van der Waals surface area contributed by atoms with Crippen LogP contribution in [0.25, 0.3) is 10.9 Å². The molecule has 1 aliphatic rings. The molecule has 1 amide bonds. The molecule has 1 saturated heterocycles. The fraction of sp³-hybridized carbons (Fsp3) is 0.500. The molecular formula is C24H27F4N3O4S. The van der Waals surface area contributed by atoms with Gasteiger partial charge in [-0.2, -0.15) is 24.9 Å². The van der Waals surface area contributed by atoms with Gasteiger partial charge in [0.05, 0.1) is 28.8 Å². The lowest BCUT2D eigenvalue weighted by molar-refractivity contribution is -0.156. The van der Waals surface area contributed by atoms with Gasteiger partial charge in [-0.25, -0.2) is 4.39 Å². The van der Waals surface area contributed by atoms with E-state index in [-0.39, 0.29) is 11.1 Å². The van der Waals surface area contributed by atoms with Crippen molar-refractivity contribution in [2.75, 3.05) is 36.2 Å². The van der Waals surface area contributed by atoms with Gasteiger partial charge in [0.1, 0.15) is 18.3 Å². The number of nitrogens with one attached hydrogen (secondary N) is 1. The lowest BCUT2D eigenvalue weighted by atomic mass is 10.0. The fourth-order valence-electron chi connectivity index (χ4n) is 3.77. The first-order valence-corrected chi connectivity index (χ1v) is 12.4. The Labute approximate surface area is 209 Å². The fourth-order valence-corrected chi connectivity index (χ4v) is 4.68. The summed E-state index contributed by atoms with van der Waals surface area (Å²) < 4.78 is 58.1. The third kappa shape index (κ3) is 6.86. The molecule has 0 spiro atoms. The van der Waals surface area contributed by atoms with Gasteiger partial charge in [-0.1, -0.05) is 6.07 Å². The lowest BCUT2D eigenvalue weighted by Gasteiger charge is -2.31. The monoisotopic (exact) mass is 529 g/mol. The SMILES string of the molecule is CC(C)(C)OC(=O)CC(NC(=O)c1cnc2cc(C(F)(F)F)ccc2c1N1CCSCC1)C(=O)CF. The summed E-state index contributed by atoms with van der Waals surface area (Å²) >= 11 is 1.70. The van der Waals surface area contributed by atoms with E-state index < -0.39 is 54.1 Å². The number of anilines is 1. The first kappa shape index (κ1) is 27.7. The number of hydrogen-bond donors (Lipinski definition) is 1. The second kappa shape index (κ2) is 11.0. The third-order valence-electron chi connectivity index (χ3n) is 5.36. The molecule has 2 heterocycles. The Kier molecular flexibility index (Phi) is 8.48. The molecule has 1 unspecified atom stereocenters. The van der Waals surface area contributed by atoms with E-state index in [1.54, 1.807) is 32.5 Å². The molecule has 2 aromatic rings. The maximum absolute atomic E-state index is 13.3. The van der Waals surface area contributed by atoms with Gasteiger partial charge in [0, 0.05) is 36.2 Å². The van der Waals surface area contributed by atoms with Crippen LogP contribution < -0.4 is 10.2 Å². The second-order valence-corrected chi connectivity index (χ2v) is 10.5. The molecule has 1 N–H and O–H groups in total. The van der Waals surface area contributed by atoms with Crippen molar-refractivity contribution < 1.29 is 36.7 Å². The lowest BCUT2D eigenvalue weighted by Crippen LogP contribution is -2.44. The average molecular weight is 530 g/mol. The van der Waals surface area contributed by atoms with E-state index in [1.807, 2.05) is 4.90 Å². The van der Waals surface area contributed by atoms with E-state index in [1.165, 1.54) is 6.07 Å². The molecule has 1 aromatic heterocycles. The number of nitrogens with zero attached hydrogens (tertiary/aromatic N) is 2. The summed E-state index contributed by atoms with van der Waals surface area (Å²) in [6, 6.07) is 1.62. The standard InChI is InChI=1S/C24H27F4N3O4S/c1-23(2,3)35-20(33)11-18(19(32)12-25)30-22(34)16-13-29-17-10-14(24(26,27)28)4-5-15(17)21(16)31-6-8-36-9-7-31/h4-5,10,13,18H,6-9,11-12H2,1-3H3,(H,30,34). The van der Waals surface area contributed by atoms with E-state index in [0.29, 0.717) is 24.2 Å². The Bertz CT molecular complexity index is 1140. The molecule has 7 nitrogen and oxygen atoms in total. The number of rotatable bonds is 7. The normalized spacial score (nSPS) is 15.5. The van der Waals surface area contributed by atoms with Crippen LogP contribution in [0.2, 0.25) is 0 Å². The highest BCUT2D eigenvalue weighted by Gasteiger charge is 2.32. The summed E-state index contributed by atoms with van der Waals surface area (Å²) in [5.41, 5.74) is -1.28. The number of ether oxygens (including phenoxy) is 1. The Hall–Kier alpha value is -2.89. The largest absolute Gasteiger partial charge is 0.460 e. The molecule has 36 heavy (non-hydrogen) atoms. The number of pyridine rings is 1. The molecule has 0 radical (unpaired) electrons. The van der Waals surface area contributed by atoms with Crippen LogP contribution in [0.1, 0.15) is 43.1 Å². The number of amides is 1. The first-order valence-electron chi connectivity index (χ1n) is 11.2. The van der Waals surface area contributed by atoms with Crippen LogP contribution in [0, 0.1) is 0 Å². The van der Waals surface area contributed by atoms with Gasteiger partial charge in [0.15, 0.2) is 5.78 Å². The van der Waals surface area contributed by atoms with Crippen LogP contribution in [0.5, 0.6) is 0 Å². The topological polar surface area (TPSA) is 88.6 Å². The van der Waals surface area contributed by atoms with E-state index in [0.717, 1.165) is 29.8 Å². The summed E-state index contributed by atoms with van der Waals surface area (Å²) in [6.45, 7) is 4.56. The molecule has 1 fully saturated rings. The number of aromatic nitrogens is 1. The van der Waals surface area contributed by atoms with Crippen molar-refractivity contribution in [3.8, 4) is 0 Å². The number of Topliss-reactive ketones (excluding diaryl/α,β-unsaturated/α-hetero) is 1. The zero-order valence-corrected chi connectivity index (χ0v) is 20.9. The summed E-state index contributed by atoms with van der Waals surface area (Å²) in [7, 11) is 0. The molecular weight excluding hydrogens is 502 g/mol. The molecule has 0 aliphatic carbocycles. The van der Waals surface area contributed by atoms with Crippen molar-refractivity contribution in [2.24, 2.45) is 0 Å². The van der Waals surface area contributed by atoms with Gasteiger partial charge in [0.25, 0.3) is 5.91 Å². The highest BCUT2D eigenvalue weighted by atomic mass is 32.2. The average Bonchev–Trinajstić information content (AvgIpc) is 2.80. The first-order chi connectivity index (χ1) is 16.8. The van der Waals surface area contributed by atoms with Crippen LogP contribution in [0.3, 0.4) is 0 Å². The number of ketones is 1. The van der Waals surface area contributed by atoms with Crippen LogP contribution in [-0.2, 0) is 20.5 Å². The van der Waals surface area contributed by atoms with Crippen molar-refractivity contribution in [1.29, 1.82) is 0 Å². The van der Waals surface area contributed by atoms with Crippen molar-refractivity contribution in [1.82, 2.24) is 10.3 Å². The van der Waals surface area contributed by atoms with Crippen molar-refractivity contribution in [3.63, 3.8) is 0 Å². The number of carbonyl (C=O) groups is 3. The minimum atomic E-state index is -4.56. The highest BCUT2D eigenvalue weighted by Crippen LogP contribution is 2.36. The number of alkyl halides is 4. The van der Waals surface area contributed by atoms with Crippen molar-refractivity contribution in [2.45, 2.75) is 45.0 Å². The molecule has 1 aromatic carbocycles. The summed E-state index contributed by atoms with van der Waals surface area (Å²) in [5, 5.41) is 2.74. The smallest absolute Gasteiger partial charge is 0.416 e. The highest BCUT2D eigenvalue weighted by molar-refractivity contribution is 7.99. The molecule has 1 atom stereocenters. The Balaban J connectivity index is 2.00. The Morgan fingerprint density at radius 3 is 2.42 bits per heavy atom.